The van der Waals surface area contributed by atoms with Crippen molar-refractivity contribution in [2.75, 3.05) is 17.2 Å². The summed E-state index contributed by atoms with van der Waals surface area (Å²) in [5, 5.41) is 58.0. The summed E-state index contributed by atoms with van der Waals surface area (Å²) in [5.74, 6) is -6.45. The largest absolute Gasteiger partial charge is 0.504 e. The number of nitrogens with one attached hydrogen (secondary N) is 1. The number of ether oxygens (including phenoxy) is 1. The number of hydrogen-bond acceptors (Lipinski definition) is 18. The summed E-state index contributed by atoms with van der Waals surface area (Å²) in [7, 11) is 0. The average Bonchev–Trinajstić information content (AvgIpc) is 3.73. The molecule has 2 aliphatic heterocycles. The maximum Gasteiger partial charge on any atom is 0.353 e. The van der Waals surface area contributed by atoms with Crippen LogP contribution in [0.1, 0.15) is 45.9 Å². The first-order valence-electron chi connectivity index (χ1n) is 15.5. The molecule has 0 radical (unpaired) electrons. The van der Waals surface area contributed by atoms with Crippen molar-refractivity contribution in [3.8, 4) is 17.2 Å². The Labute approximate surface area is 322 Å². The first kappa shape index (κ1) is 40.1. The standard InChI is InChI=1S/C30H32ClN9O11S3/c1-29(2,3)50-26(49)30(4,5)51-36-18(13-10-53-27(32)33-13)22(45)34-19-23(46)39-20(25(47)48)11(8-52-24(19)39)9-54-28-35-37-38-40(28)14-7-15(41)21(44)17(31)12(14)6-16(42)43/h7,10,19,24,41,44H,6,8-9H2,1-5H3,(H2,32,33)(H,34,45)(H,42,43)(H,47,48)/b36-18-/t19?,24-/m1/s1. The van der Waals surface area contributed by atoms with Crippen LogP contribution in [0.2, 0.25) is 5.02 Å². The van der Waals surface area contributed by atoms with Gasteiger partial charge in [-0.1, -0.05) is 28.5 Å². The maximum atomic E-state index is 13.6. The van der Waals surface area contributed by atoms with Crippen LogP contribution in [-0.4, -0.2) is 120 Å². The molecular weight excluding hydrogens is 794 g/mol. The smallest absolute Gasteiger partial charge is 0.353 e. The van der Waals surface area contributed by atoms with Gasteiger partial charge in [-0.05, 0) is 50.6 Å². The normalized spacial score (nSPS) is 17.5. The van der Waals surface area contributed by atoms with E-state index in [2.05, 4.69) is 31.0 Å². The number of carbonyl (C=O) groups excluding carboxylic acids is 3. The number of amides is 2. The van der Waals surface area contributed by atoms with E-state index < -0.39 is 81.0 Å². The van der Waals surface area contributed by atoms with E-state index in [-0.39, 0.29) is 44.4 Å². The number of carbonyl (C=O) groups is 5. The van der Waals surface area contributed by atoms with Crippen LogP contribution in [0.15, 0.2) is 33.0 Å². The van der Waals surface area contributed by atoms with Gasteiger partial charge in [0.2, 0.25) is 10.8 Å². The number of aromatic nitrogens is 5. The van der Waals surface area contributed by atoms with E-state index in [1.165, 1.54) is 31.0 Å². The van der Waals surface area contributed by atoms with E-state index in [9.17, 15) is 44.4 Å². The van der Waals surface area contributed by atoms with Gasteiger partial charge in [0, 0.05) is 28.5 Å². The first-order valence-corrected chi connectivity index (χ1v) is 18.8. The second kappa shape index (κ2) is 15.3. The van der Waals surface area contributed by atoms with Crippen LogP contribution in [0.5, 0.6) is 11.5 Å². The predicted octanol–water partition coefficient (Wildman–Crippen LogP) is 1.76. The minimum absolute atomic E-state index is 0.00237. The highest BCUT2D eigenvalue weighted by Gasteiger charge is 2.54. The first-order chi connectivity index (χ1) is 25.2. The summed E-state index contributed by atoms with van der Waals surface area (Å²) < 4.78 is 6.45. The molecule has 2 amide bonds. The lowest BCUT2D eigenvalue weighted by molar-refractivity contribution is -0.179. The molecule has 20 nitrogen and oxygen atoms in total. The number of tetrazole rings is 1. The summed E-state index contributed by atoms with van der Waals surface area (Å²) >= 11 is 9.27. The molecule has 5 rings (SSSR count). The van der Waals surface area contributed by atoms with E-state index in [1.807, 2.05) is 0 Å². The number of halogens is 1. The van der Waals surface area contributed by atoms with E-state index >= 15 is 0 Å². The Balaban J connectivity index is 1.35. The van der Waals surface area contributed by atoms with Crippen molar-refractivity contribution < 1.29 is 54.0 Å². The highest BCUT2D eigenvalue weighted by molar-refractivity contribution is 8.01. The molecule has 54 heavy (non-hydrogen) atoms. The Hall–Kier alpha value is -5.13. The number of β-lactam (4-membered cyclic amide) rings is 1. The minimum atomic E-state index is -1.64. The molecule has 288 valence electrons. The lowest BCUT2D eigenvalue weighted by Crippen LogP contribution is -2.71. The Kier molecular flexibility index (Phi) is 11.4. The molecule has 2 atom stereocenters. The molecule has 0 saturated carbocycles. The van der Waals surface area contributed by atoms with Gasteiger partial charge >= 0.3 is 17.9 Å². The number of carboxylic acid groups (broad SMARTS) is 2. The number of nitrogens with zero attached hydrogens (tertiary/aromatic N) is 7. The number of thiazole rings is 1. The van der Waals surface area contributed by atoms with Gasteiger partial charge in [-0.2, -0.15) is 4.68 Å². The monoisotopic (exact) mass is 825 g/mol. The van der Waals surface area contributed by atoms with Gasteiger partial charge in [0.25, 0.3) is 11.8 Å². The van der Waals surface area contributed by atoms with Crippen molar-refractivity contribution in [2.45, 2.75) is 68.8 Å². The molecule has 24 heteroatoms. The summed E-state index contributed by atoms with van der Waals surface area (Å²) in [6, 6.07) is -0.151. The summed E-state index contributed by atoms with van der Waals surface area (Å²) in [6.45, 7) is 7.80. The quantitative estimate of drug-likeness (QED) is 0.0357. The number of esters is 1. The number of hydrogen-bond donors (Lipinski definition) is 6. The third-order valence-corrected chi connectivity index (χ3v) is 10.9. The SMILES string of the molecule is CC(C)(C)OC(=O)C(C)(C)O/N=C(\C(=O)NC1C(=O)N2C(C(=O)O)=C(CSc3nnnn3-c3cc(O)c(O)c(Cl)c3CC(=O)O)CS[C@H]12)c1csc(N)n1. The number of aromatic hydroxyl groups is 2. The molecule has 7 N–H and O–H groups in total. The minimum Gasteiger partial charge on any atom is -0.504 e. The van der Waals surface area contributed by atoms with Gasteiger partial charge in [-0.25, -0.2) is 14.6 Å². The van der Waals surface area contributed by atoms with E-state index in [0.29, 0.717) is 5.57 Å². The molecule has 0 bridgehead atoms. The van der Waals surface area contributed by atoms with Crippen LogP contribution in [0.4, 0.5) is 5.13 Å². The second-order valence-corrected chi connectivity index (χ2v) is 16.3. The number of nitrogens with two attached hydrogens (primary N) is 1. The summed E-state index contributed by atoms with van der Waals surface area (Å²) in [5.41, 5.74) is 2.75. The number of thioether (sulfide) groups is 2. The van der Waals surface area contributed by atoms with E-state index in [0.717, 1.165) is 38.7 Å². The van der Waals surface area contributed by atoms with Crippen LogP contribution in [0.25, 0.3) is 5.69 Å². The Morgan fingerprint density at radius 3 is 2.50 bits per heavy atom. The average molecular weight is 826 g/mol. The van der Waals surface area contributed by atoms with Crippen molar-refractivity contribution in [3.63, 3.8) is 0 Å². The highest BCUT2D eigenvalue weighted by atomic mass is 35.5. The lowest BCUT2D eigenvalue weighted by atomic mass is 10.0. The molecule has 0 spiro atoms. The van der Waals surface area contributed by atoms with Gasteiger partial charge in [0.1, 0.15) is 28.4 Å². The molecular formula is C30H32ClN9O11S3. The summed E-state index contributed by atoms with van der Waals surface area (Å²) in [6.07, 6.45) is -0.657. The molecule has 2 aromatic heterocycles. The molecule has 4 heterocycles. The zero-order valence-corrected chi connectivity index (χ0v) is 32.1. The van der Waals surface area contributed by atoms with Crippen LogP contribution in [-0.2, 0) is 40.0 Å². The number of anilines is 1. The third kappa shape index (κ3) is 8.32. The number of phenols is 2. The number of rotatable bonds is 13. The molecule has 1 aromatic carbocycles. The molecule has 0 aliphatic carbocycles. The van der Waals surface area contributed by atoms with Crippen molar-refractivity contribution in [2.24, 2.45) is 5.16 Å². The number of nitrogen functional groups attached to an aromatic ring is 1. The number of phenolic OH excluding ortho intramolecular Hbond substituents is 2. The molecule has 2 aliphatic rings. The number of fused-ring (bicyclic) bond motifs is 1. The number of aliphatic carboxylic acids is 2. The van der Waals surface area contributed by atoms with Crippen LogP contribution in [0, 0.1) is 0 Å². The van der Waals surface area contributed by atoms with Gasteiger partial charge in [0.05, 0.1) is 17.1 Å². The zero-order valence-electron chi connectivity index (χ0n) is 28.9. The molecule has 3 aromatic rings. The fourth-order valence-electron chi connectivity index (χ4n) is 4.94. The van der Waals surface area contributed by atoms with Crippen molar-refractivity contribution in [1.29, 1.82) is 0 Å². The van der Waals surface area contributed by atoms with Gasteiger partial charge < -0.3 is 41.1 Å². The number of carboxylic acids is 2. The Morgan fingerprint density at radius 1 is 1.19 bits per heavy atom. The van der Waals surface area contributed by atoms with Crippen LogP contribution < -0.4 is 11.1 Å². The van der Waals surface area contributed by atoms with Crippen molar-refractivity contribution in [1.82, 2.24) is 35.4 Å². The van der Waals surface area contributed by atoms with Gasteiger partial charge in [-0.3, -0.25) is 19.3 Å². The third-order valence-electron chi connectivity index (χ3n) is 7.44. The lowest BCUT2D eigenvalue weighted by Gasteiger charge is -2.49. The van der Waals surface area contributed by atoms with Gasteiger partial charge in [-0.15, -0.1) is 28.2 Å². The highest BCUT2D eigenvalue weighted by Crippen LogP contribution is 2.43. The van der Waals surface area contributed by atoms with Crippen molar-refractivity contribution in [3.05, 3.63) is 39.0 Å². The number of benzene rings is 1. The van der Waals surface area contributed by atoms with E-state index in [4.69, 9.17) is 26.9 Å². The predicted molar refractivity (Wildman–Crippen MR) is 193 cm³/mol. The topological polar surface area (TPSA) is 295 Å². The number of oxime groups is 1. The summed E-state index contributed by atoms with van der Waals surface area (Å²) in [4.78, 5) is 74.4. The fraction of sp³-hybridized carbons (Fsp3) is 0.400. The van der Waals surface area contributed by atoms with Crippen molar-refractivity contribution >= 4 is 87.0 Å². The van der Waals surface area contributed by atoms with Gasteiger partial charge in [0.15, 0.2) is 22.3 Å². The van der Waals surface area contributed by atoms with E-state index in [1.54, 1.807) is 20.8 Å². The Morgan fingerprint density at radius 2 is 1.89 bits per heavy atom. The zero-order chi connectivity index (χ0) is 39.9. The fourth-order valence-corrected chi connectivity index (χ4v) is 8.11. The van der Waals surface area contributed by atoms with Crippen LogP contribution in [0.3, 0.4) is 0 Å². The maximum absolute atomic E-state index is 13.6. The van der Waals surface area contributed by atoms with Crippen LogP contribution >= 0.6 is 46.5 Å². The Bertz CT molecular complexity index is 2110. The molecule has 1 unspecified atom stereocenters. The molecule has 1 saturated heterocycles. The second-order valence-electron chi connectivity index (χ2n) is 13.0. The molecule has 1 fully saturated rings.